The van der Waals surface area contributed by atoms with Crippen LogP contribution in [0.4, 0.5) is 4.39 Å². The van der Waals surface area contributed by atoms with Gasteiger partial charge in [0.05, 0.1) is 23.8 Å². The van der Waals surface area contributed by atoms with Gasteiger partial charge < -0.3 is 0 Å². The van der Waals surface area contributed by atoms with Crippen LogP contribution in [0, 0.1) is 5.82 Å². The zero-order valence-electron chi connectivity index (χ0n) is 14.8. The van der Waals surface area contributed by atoms with Crippen LogP contribution in [-0.4, -0.2) is 19.6 Å². The number of hydrogen-bond donors (Lipinski definition) is 0. The van der Waals surface area contributed by atoms with Crippen molar-refractivity contribution >= 4 is 5.65 Å². The molecule has 0 aliphatic carbocycles. The van der Waals surface area contributed by atoms with Crippen molar-refractivity contribution in [1.29, 1.82) is 0 Å². The summed E-state index contributed by atoms with van der Waals surface area (Å²) < 4.78 is 15.3. The van der Waals surface area contributed by atoms with E-state index in [9.17, 15) is 4.39 Å². The first-order valence-electron chi connectivity index (χ1n) is 8.89. The Morgan fingerprint density at radius 2 is 1.54 bits per heavy atom. The van der Waals surface area contributed by atoms with Crippen LogP contribution in [0.2, 0.25) is 0 Å². The maximum atomic E-state index is 13.5. The lowest BCUT2D eigenvalue weighted by Gasteiger charge is -2.06. The smallest absolute Gasteiger partial charge is 0.154 e. The van der Waals surface area contributed by atoms with Gasteiger partial charge >= 0.3 is 0 Å². The van der Waals surface area contributed by atoms with E-state index >= 15 is 0 Å². The van der Waals surface area contributed by atoms with Crippen LogP contribution < -0.4 is 0 Å². The maximum Gasteiger partial charge on any atom is 0.154 e. The Morgan fingerprint density at radius 1 is 0.679 bits per heavy atom. The van der Waals surface area contributed by atoms with Gasteiger partial charge in [0.1, 0.15) is 5.82 Å². The highest BCUT2D eigenvalue weighted by Gasteiger charge is 2.10. The topological polar surface area (TPSA) is 43.1 Å². The number of fused-ring (bicyclic) bond motifs is 1. The molecule has 4 nitrogen and oxygen atoms in total. The van der Waals surface area contributed by atoms with Crippen molar-refractivity contribution in [2.45, 2.75) is 0 Å². The monoisotopic (exact) mass is 366 g/mol. The van der Waals surface area contributed by atoms with E-state index in [1.807, 2.05) is 54.6 Å². The van der Waals surface area contributed by atoms with Gasteiger partial charge in [-0.3, -0.25) is 4.98 Å². The minimum Gasteiger partial charge on any atom is -0.256 e. The Bertz CT molecular complexity index is 1280. The van der Waals surface area contributed by atoms with Crippen LogP contribution in [0.3, 0.4) is 0 Å². The zero-order chi connectivity index (χ0) is 18.9. The van der Waals surface area contributed by atoms with E-state index in [0.717, 1.165) is 33.6 Å². The van der Waals surface area contributed by atoms with Crippen molar-refractivity contribution in [3.05, 3.63) is 97.2 Å². The molecule has 0 saturated heterocycles. The number of aromatic nitrogens is 4. The fourth-order valence-electron chi connectivity index (χ4n) is 3.26. The number of imidazole rings is 1. The third kappa shape index (κ3) is 2.93. The van der Waals surface area contributed by atoms with Gasteiger partial charge in [0.25, 0.3) is 0 Å². The molecule has 2 aromatic carbocycles. The number of hydrogen-bond acceptors (Lipinski definition) is 3. The molecule has 0 aliphatic rings. The molecule has 0 radical (unpaired) electrons. The summed E-state index contributed by atoms with van der Waals surface area (Å²) in [5.74, 6) is -0.272. The normalized spacial score (nSPS) is 11.0. The van der Waals surface area contributed by atoms with Crippen molar-refractivity contribution in [1.82, 2.24) is 19.6 Å². The predicted octanol–water partition coefficient (Wildman–Crippen LogP) is 5.26. The van der Waals surface area contributed by atoms with Gasteiger partial charge in [-0.1, -0.05) is 42.5 Å². The van der Waals surface area contributed by atoms with Crippen molar-refractivity contribution in [2.24, 2.45) is 0 Å². The van der Waals surface area contributed by atoms with E-state index in [0.29, 0.717) is 5.65 Å². The maximum absolute atomic E-state index is 13.5. The second kappa shape index (κ2) is 6.70. The van der Waals surface area contributed by atoms with Gasteiger partial charge in [-0.25, -0.2) is 13.9 Å². The average Bonchev–Trinajstić information content (AvgIpc) is 3.18. The number of rotatable bonds is 3. The Labute approximate surface area is 161 Å². The summed E-state index contributed by atoms with van der Waals surface area (Å²) in [6, 6.07) is 22.4. The van der Waals surface area contributed by atoms with E-state index in [1.165, 1.54) is 12.1 Å². The van der Waals surface area contributed by atoms with Crippen molar-refractivity contribution in [3.63, 3.8) is 0 Å². The van der Waals surface area contributed by atoms with Gasteiger partial charge in [0.2, 0.25) is 0 Å². The lowest BCUT2D eigenvalue weighted by atomic mass is 10.1. The summed E-state index contributed by atoms with van der Waals surface area (Å²) in [5.41, 5.74) is 6.10. The quantitative estimate of drug-likeness (QED) is 0.437. The van der Waals surface area contributed by atoms with E-state index in [4.69, 9.17) is 0 Å². The minimum atomic E-state index is -0.272. The van der Waals surface area contributed by atoms with E-state index in [1.54, 1.807) is 29.2 Å². The molecule has 3 heterocycles. The number of benzene rings is 2. The Morgan fingerprint density at radius 3 is 2.39 bits per heavy atom. The molecule has 5 rings (SSSR count). The van der Waals surface area contributed by atoms with Crippen molar-refractivity contribution in [3.8, 4) is 33.6 Å². The van der Waals surface area contributed by atoms with Crippen LogP contribution in [0.25, 0.3) is 39.3 Å². The molecular formula is C23H15FN4. The highest BCUT2D eigenvalue weighted by atomic mass is 19.1. The molecule has 5 aromatic rings. The number of halogens is 1. The summed E-state index contributed by atoms with van der Waals surface area (Å²) in [6.07, 6.45) is 5.31. The molecule has 0 bridgehead atoms. The molecule has 134 valence electrons. The largest absolute Gasteiger partial charge is 0.256 e. The second-order valence-corrected chi connectivity index (χ2v) is 6.46. The number of pyridine rings is 1. The Balaban J connectivity index is 1.57. The van der Waals surface area contributed by atoms with Crippen LogP contribution in [0.15, 0.2) is 91.4 Å². The summed E-state index contributed by atoms with van der Waals surface area (Å²) in [4.78, 5) is 8.97. The van der Waals surface area contributed by atoms with Gasteiger partial charge in [0.15, 0.2) is 5.65 Å². The van der Waals surface area contributed by atoms with E-state index < -0.39 is 0 Å². The van der Waals surface area contributed by atoms with Crippen LogP contribution >= 0.6 is 0 Å². The standard InChI is InChI=1S/C23H15FN4/c24-20-8-4-7-17(11-20)19-13-23-26-15-22(28(23)27-14-19)18-9-10-25-21(12-18)16-5-2-1-3-6-16/h1-15H. The molecule has 3 aromatic heterocycles. The fourth-order valence-corrected chi connectivity index (χ4v) is 3.26. The SMILES string of the molecule is Fc1cccc(-c2cnn3c(-c4ccnc(-c5ccccc5)c4)cnc3c2)c1. The lowest BCUT2D eigenvalue weighted by Crippen LogP contribution is -1.95. The minimum absolute atomic E-state index is 0.272. The first-order chi connectivity index (χ1) is 13.8. The summed E-state index contributed by atoms with van der Waals surface area (Å²) in [6.45, 7) is 0. The average molecular weight is 366 g/mol. The highest BCUT2D eigenvalue weighted by Crippen LogP contribution is 2.26. The predicted molar refractivity (Wildman–Crippen MR) is 107 cm³/mol. The summed E-state index contributed by atoms with van der Waals surface area (Å²) in [7, 11) is 0. The van der Waals surface area contributed by atoms with Gasteiger partial charge in [-0.05, 0) is 35.9 Å². The first kappa shape index (κ1) is 16.3. The molecular weight excluding hydrogens is 351 g/mol. The van der Waals surface area contributed by atoms with Crippen LogP contribution in [-0.2, 0) is 0 Å². The molecule has 0 unspecified atom stereocenters. The molecule has 5 heteroatoms. The van der Waals surface area contributed by atoms with Crippen molar-refractivity contribution < 1.29 is 4.39 Å². The number of nitrogens with zero attached hydrogens (tertiary/aromatic N) is 4. The molecule has 0 fully saturated rings. The summed E-state index contributed by atoms with van der Waals surface area (Å²) >= 11 is 0. The van der Waals surface area contributed by atoms with Crippen molar-refractivity contribution in [2.75, 3.05) is 0 Å². The molecule has 28 heavy (non-hydrogen) atoms. The van der Waals surface area contributed by atoms with Gasteiger partial charge in [-0.2, -0.15) is 5.10 Å². The molecule has 0 aliphatic heterocycles. The molecule has 0 atom stereocenters. The molecule has 0 spiro atoms. The molecule has 0 N–H and O–H groups in total. The molecule has 0 saturated carbocycles. The third-order valence-corrected chi connectivity index (χ3v) is 4.64. The van der Waals surface area contributed by atoms with E-state index in [-0.39, 0.29) is 5.82 Å². The molecule has 0 amide bonds. The fraction of sp³-hybridized carbons (Fsp3) is 0. The summed E-state index contributed by atoms with van der Waals surface area (Å²) in [5, 5.41) is 4.54. The van der Waals surface area contributed by atoms with Gasteiger partial charge in [0, 0.05) is 22.9 Å². The van der Waals surface area contributed by atoms with E-state index in [2.05, 4.69) is 15.1 Å². The second-order valence-electron chi connectivity index (χ2n) is 6.46. The third-order valence-electron chi connectivity index (χ3n) is 4.64. The zero-order valence-corrected chi connectivity index (χ0v) is 14.8. The van der Waals surface area contributed by atoms with Crippen LogP contribution in [0.5, 0.6) is 0 Å². The Kier molecular flexibility index (Phi) is 3.91. The lowest BCUT2D eigenvalue weighted by molar-refractivity contribution is 0.628. The van der Waals surface area contributed by atoms with Gasteiger partial charge in [-0.15, -0.1) is 0 Å². The highest BCUT2D eigenvalue weighted by molar-refractivity contribution is 5.72. The first-order valence-corrected chi connectivity index (χ1v) is 8.89. The van der Waals surface area contributed by atoms with Crippen LogP contribution in [0.1, 0.15) is 0 Å². The Hall–Kier alpha value is -3.86.